The fourth-order valence-corrected chi connectivity index (χ4v) is 3.75. The lowest BCUT2D eigenvalue weighted by Gasteiger charge is -2.25. The Hall–Kier alpha value is -2.05. The highest BCUT2D eigenvalue weighted by Gasteiger charge is 2.24. The van der Waals surface area contributed by atoms with Crippen LogP contribution in [-0.2, 0) is 14.8 Å². The first-order valence-corrected chi connectivity index (χ1v) is 9.92. The van der Waals surface area contributed by atoms with Crippen LogP contribution in [0, 0.1) is 20.8 Å². The maximum absolute atomic E-state index is 12.5. The number of nitrogens with zero attached hydrogens (tertiary/aromatic N) is 1. The third-order valence-electron chi connectivity index (χ3n) is 3.85. The maximum atomic E-state index is 12.5. The molecule has 7 heteroatoms. The molecule has 2 rings (SSSR count). The van der Waals surface area contributed by atoms with Gasteiger partial charge in [0.2, 0.25) is 15.9 Å². The molecule has 0 unspecified atom stereocenters. The maximum Gasteiger partial charge on any atom is 0.245 e. The number of carbonyl (C=O) groups excluding carboxylic acids is 1. The number of hydrogen-bond acceptors (Lipinski definition) is 3. The molecule has 0 saturated carbocycles. The van der Waals surface area contributed by atoms with E-state index < -0.39 is 15.9 Å². The Labute approximate surface area is 153 Å². The molecule has 0 heterocycles. The monoisotopic (exact) mass is 380 g/mol. The smallest absolute Gasteiger partial charge is 0.245 e. The van der Waals surface area contributed by atoms with Crippen molar-refractivity contribution in [2.75, 3.05) is 22.4 Å². The molecular weight excluding hydrogens is 360 g/mol. The topological polar surface area (TPSA) is 66.5 Å². The Balaban J connectivity index is 2.32. The van der Waals surface area contributed by atoms with Crippen molar-refractivity contribution in [2.45, 2.75) is 20.8 Å². The molecule has 0 bridgehead atoms. The van der Waals surface area contributed by atoms with Crippen molar-refractivity contribution in [1.29, 1.82) is 0 Å². The average molecular weight is 381 g/mol. The van der Waals surface area contributed by atoms with Crippen LogP contribution in [0.3, 0.4) is 0 Å². The van der Waals surface area contributed by atoms with Gasteiger partial charge in [-0.1, -0.05) is 35.9 Å². The molecule has 134 valence electrons. The van der Waals surface area contributed by atoms with Crippen molar-refractivity contribution in [3.63, 3.8) is 0 Å². The predicted octanol–water partition coefficient (Wildman–Crippen LogP) is 3.67. The third-order valence-corrected chi connectivity index (χ3v) is 5.20. The van der Waals surface area contributed by atoms with Gasteiger partial charge in [0, 0.05) is 10.7 Å². The van der Waals surface area contributed by atoms with E-state index in [1.807, 2.05) is 39.0 Å². The number of hydrogen-bond donors (Lipinski definition) is 1. The van der Waals surface area contributed by atoms with Crippen molar-refractivity contribution in [3.05, 3.63) is 58.1 Å². The van der Waals surface area contributed by atoms with Crippen LogP contribution in [0.4, 0.5) is 11.4 Å². The van der Waals surface area contributed by atoms with Crippen LogP contribution in [0.5, 0.6) is 0 Å². The molecule has 0 aliphatic carbocycles. The van der Waals surface area contributed by atoms with Gasteiger partial charge in [-0.15, -0.1) is 0 Å². The van der Waals surface area contributed by atoms with Gasteiger partial charge in [-0.2, -0.15) is 0 Å². The number of nitrogens with one attached hydrogen (secondary N) is 1. The van der Waals surface area contributed by atoms with E-state index in [4.69, 9.17) is 11.6 Å². The highest BCUT2D eigenvalue weighted by Crippen LogP contribution is 2.27. The van der Waals surface area contributed by atoms with Gasteiger partial charge >= 0.3 is 0 Å². The first kappa shape index (κ1) is 19.3. The van der Waals surface area contributed by atoms with Crippen LogP contribution >= 0.6 is 11.6 Å². The summed E-state index contributed by atoms with van der Waals surface area (Å²) in [6, 6.07) is 10.6. The number of sulfonamides is 1. The summed E-state index contributed by atoms with van der Waals surface area (Å²) < 4.78 is 25.7. The largest absolute Gasteiger partial charge is 0.324 e. The predicted molar refractivity (Wildman–Crippen MR) is 103 cm³/mol. The summed E-state index contributed by atoms with van der Waals surface area (Å²) in [6.07, 6.45) is 1.09. The summed E-state index contributed by atoms with van der Waals surface area (Å²) in [6.45, 7) is 5.17. The van der Waals surface area contributed by atoms with E-state index in [2.05, 4.69) is 5.32 Å². The molecule has 0 atom stereocenters. The highest BCUT2D eigenvalue weighted by molar-refractivity contribution is 7.92. The first-order valence-electron chi connectivity index (χ1n) is 7.69. The van der Waals surface area contributed by atoms with Crippen LogP contribution in [0.2, 0.25) is 5.02 Å². The number of halogens is 1. The van der Waals surface area contributed by atoms with Crippen molar-refractivity contribution >= 4 is 38.9 Å². The Morgan fingerprint density at radius 1 is 1.08 bits per heavy atom. The minimum Gasteiger partial charge on any atom is -0.324 e. The Morgan fingerprint density at radius 2 is 1.68 bits per heavy atom. The van der Waals surface area contributed by atoms with Crippen molar-refractivity contribution in [1.82, 2.24) is 0 Å². The molecule has 1 amide bonds. The summed E-state index contributed by atoms with van der Waals surface area (Å²) in [4.78, 5) is 12.5. The highest BCUT2D eigenvalue weighted by atomic mass is 35.5. The number of aryl methyl sites for hydroxylation is 3. The number of amides is 1. The second kappa shape index (κ2) is 7.45. The molecular formula is C18H21ClN2O3S. The van der Waals surface area contributed by atoms with Gasteiger partial charge in [-0.25, -0.2) is 8.42 Å². The van der Waals surface area contributed by atoms with Gasteiger partial charge in [-0.3, -0.25) is 9.10 Å². The fourth-order valence-electron chi connectivity index (χ4n) is 2.61. The van der Waals surface area contributed by atoms with Crippen LogP contribution in [-0.4, -0.2) is 27.1 Å². The van der Waals surface area contributed by atoms with Gasteiger partial charge in [0.1, 0.15) is 6.54 Å². The van der Waals surface area contributed by atoms with Gasteiger partial charge in [0.15, 0.2) is 0 Å². The normalized spacial score (nSPS) is 11.2. The van der Waals surface area contributed by atoms with E-state index in [0.717, 1.165) is 27.3 Å². The van der Waals surface area contributed by atoms with E-state index in [9.17, 15) is 13.2 Å². The molecule has 0 aromatic heterocycles. The minimum absolute atomic E-state index is 0.309. The zero-order valence-electron chi connectivity index (χ0n) is 14.6. The summed E-state index contributed by atoms with van der Waals surface area (Å²) in [5.41, 5.74) is 3.51. The van der Waals surface area contributed by atoms with Gasteiger partial charge in [0.25, 0.3) is 0 Å². The van der Waals surface area contributed by atoms with E-state index >= 15 is 0 Å². The van der Waals surface area contributed by atoms with Gasteiger partial charge < -0.3 is 5.32 Å². The molecule has 2 aromatic rings. The van der Waals surface area contributed by atoms with E-state index in [0.29, 0.717) is 16.4 Å². The zero-order chi connectivity index (χ0) is 18.8. The summed E-state index contributed by atoms with van der Waals surface area (Å²) in [5.74, 6) is -0.432. The first-order chi connectivity index (χ1) is 11.6. The van der Waals surface area contributed by atoms with Crippen LogP contribution in [0.1, 0.15) is 16.7 Å². The Bertz CT molecular complexity index is 890. The van der Waals surface area contributed by atoms with Crippen LogP contribution < -0.4 is 9.62 Å². The van der Waals surface area contributed by atoms with Crippen molar-refractivity contribution in [3.8, 4) is 0 Å². The molecule has 25 heavy (non-hydrogen) atoms. The lowest BCUT2D eigenvalue weighted by molar-refractivity contribution is -0.114. The SMILES string of the molecule is Cc1ccc(Cl)cc1NC(=O)CN(c1c(C)cccc1C)S(C)(=O)=O. The van der Waals surface area contributed by atoms with E-state index in [-0.39, 0.29) is 6.54 Å². The summed E-state index contributed by atoms with van der Waals surface area (Å²) in [7, 11) is -3.62. The van der Waals surface area contributed by atoms with Crippen LogP contribution in [0.15, 0.2) is 36.4 Å². The third kappa shape index (κ3) is 4.74. The second-order valence-corrected chi connectivity index (χ2v) is 8.36. The number of anilines is 2. The molecule has 0 spiro atoms. The van der Waals surface area contributed by atoms with Crippen LogP contribution in [0.25, 0.3) is 0 Å². The molecule has 0 aliphatic heterocycles. The average Bonchev–Trinajstić information content (AvgIpc) is 2.48. The number of rotatable bonds is 5. The molecule has 0 saturated heterocycles. The minimum atomic E-state index is -3.62. The summed E-state index contributed by atoms with van der Waals surface area (Å²) in [5, 5.41) is 3.23. The Morgan fingerprint density at radius 3 is 2.24 bits per heavy atom. The molecule has 0 radical (unpaired) electrons. The summed E-state index contributed by atoms with van der Waals surface area (Å²) >= 11 is 5.96. The standard InChI is InChI=1S/C18H21ClN2O3S/c1-12-8-9-15(19)10-16(12)20-17(22)11-21(25(4,23)24)18-13(2)6-5-7-14(18)3/h5-10H,11H2,1-4H3,(H,20,22). The molecule has 1 N–H and O–H groups in total. The number of para-hydroxylation sites is 1. The van der Waals surface area contributed by atoms with Gasteiger partial charge in [0.05, 0.1) is 11.9 Å². The molecule has 2 aromatic carbocycles. The molecule has 0 fully saturated rings. The lowest BCUT2D eigenvalue weighted by atomic mass is 10.1. The zero-order valence-corrected chi connectivity index (χ0v) is 16.2. The van der Waals surface area contributed by atoms with E-state index in [1.54, 1.807) is 18.2 Å². The van der Waals surface area contributed by atoms with Gasteiger partial charge in [-0.05, 0) is 49.6 Å². The molecule has 0 aliphatic rings. The quantitative estimate of drug-likeness (QED) is 0.860. The lowest BCUT2D eigenvalue weighted by Crippen LogP contribution is -2.38. The number of carbonyl (C=O) groups is 1. The number of benzene rings is 2. The second-order valence-electron chi connectivity index (χ2n) is 6.02. The fraction of sp³-hybridized carbons (Fsp3) is 0.278. The van der Waals surface area contributed by atoms with E-state index in [1.165, 1.54) is 0 Å². The van der Waals surface area contributed by atoms with Crippen molar-refractivity contribution < 1.29 is 13.2 Å². The Kier molecular flexibility index (Phi) is 5.75. The molecule has 5 nitrogen and oxygen atoms in total. The van der Waals surface area contributed by atoms with Crippen molar-refractivity contribution in [2.24, 2.45) is 0 Å².